The van der Waals surface area contributed by atoms with Crippen molar-refractivity contribution in [3.05, 3.63) is 102 Å². The number of nitrogens with zero attached hydrogens (tertiary/aromatic N) is 1. The number of benzene rings is 3. The van der Waals surface area contributed by atoms with Crippen molar-refractivity contribution in [1.29, 1.82) is 0 Å². The van der Waals surface area contributed by atoms with E-state index in [9.17, 15) is 0 Å². The molecule has 0 aliphatic heterocycles. The normalized spacial score (nSPS) is 10.9. The highest BCUT2D eigenvalue weighted by molar-refractivity contribution is 5.80. The first kappa shape index (κ1) is 18.2. The number of aromatic nitrogens is 1. The first-order valence-electron chi connectivity index (χ1n) is 9.77. The largest absolute Gasteiger partial charge is 0.212 e. The number of hydrogen-bond donors (Lipinski definition) is 0. The minimum atomic E-state index is 1.25. The van der Waals surface area contributed by atoms with Crippen LogP contribution < -0.4 is 4.57 Å². The quantitative estimate of drug-likeness (QED) is 0.368. The molecule has 0 saturated heterocycles. The van der Waals surface area contributed by atoms with E-state index >= 15 is 0 Å². The maximum absolute atomic E-state index is 2.30. The second-order valence-electron chi connectivity index (χ2n) is 7.57. The summed E-state index contributed by atoms with van der Waals surface area (Å²) in [6.07, 6.45) is 2.14. The Labute approximate surface area is 167 Å². The van der Waals surface area contributed by atoms with E-state index in [1.165, 1.54) is 50.2 Å². The predicted molar refractivity (Wildman–Crippen MR) is 118 cm³/mol. The lowest BCUT2D eigenvalue weighted by Gasteiger charge is -2.14. The molecule has 1 heteroatoms. The van der Waals surface area contributed by atoms with Gasteiger partial charge in [-0.15, -0.1) is 0 Å². The van der Waals surface area contributed by atoms with E-state index in [0.717, 1.165) is 0 Å². The molecule has 0 saturated carbocycles. The average molecular weight is 365 g/mol. The Morgan fingerprint density at radius 2 is 1.36 bits per heavy atom. The monoisotopic (exact) mass is 364 g/mol. The van der Waals surface area contributed by atoms with Crippen molar-refractivity contribution < 1.29 is 4.57 Å². The SMILES string of the molecule is Cc1cc[n+](C)c(-c2cccc(-c3ccc(-c4ccccc4)cc3C)c2C)c1. The number of pyridine rings is 1. The molecule has 1 aromatic heterocycles. The molecule has 138 valence electrons. The summed E-state index contributed by atoms with van der Waals surface area (Å²) in [5, 5.41) is 0. The van der Waals surface area contributed by atoms with Crippen LogP contribution >= 0.6 is 0 Å². The Kier molecular flexibility index (Phi) is 4.83. The minimum Gasteiger partial charge on any atom is -0.201 e. The standard InChI is InChI=1S/C27H26N/c1-19-15-16-28(4)27(17-19)26-12-8-11-25(21(26)3)24-14-13-23(18-20(24)2)22-9-6-5-7-10-22/h5-18H,1-4H3/q+1. The second-order valence-corrected chi connectivity index (χ2v) is 7.57. The summed E-state index contributed by atoms with van der Waals surface area (Å²) in [6.45, 7) is 6.59. The molecule has 4 aromatic rings. The Bertz CT molecular complexity index is 1140. The van der Waals surface area contributed by atoms with Crippen LogP contribution in [0.15, 0.2) is 85.1 Å². The fourth-order valence-electron chi connectivity index (χ4n) is 3.92. The molecule has 1 heterocycles. The van der Waals surface area contributed by atoms with Gasteiger partial charge in [0.2, 0.25) is 5.69 Å². The maximum atomic E-state index is 2.30. The van der Waals surface area contributed by atoms with Crippen LogP contribution in [0.25, 0.3) is 33.5 Å². The summed E-state index contributed by atoms with van der Waals surface area (Å²) in [6, 6.07) is 28.4. The van der Waals surface area contributed by atoms with Crippen LogP contribution in [-0.2, 0) is 7.05 Å². The van der Waals surface area contributed by atoms with Crippen molar-refractivity contribution >= 4 is 0 Å². The van der Waals surface area contributed by atoms with Crippen molar-refractivity contribution in [3.8, 4) is 33.5 Å². The molecule has 0 radical (unpaired) electrons. The van der Waals surface area contributed by atoms with Gasteiger partial charge < -0.3 is 0 Å². The lowest BCUT2D eigenvalue weighted by molar-refractivity contribution is -0.660. The van der Waals surface area contributed by atoms with E-state index in [4.69, 9.17) is 0 Å². The molecule has 3 aromatic carbocycles. The summed E-state index contributed by atoms with van der Waals surface area (Å²) in [5.41, 5.74) is 11.6. The molecule has 0 unspecified atom stereocenters. The molecule has 28 heavy (non-hydrogen) atoms. The highest BCUT2D eigenvalue weighted by Gasteiger charge is 2.16. The third-order valence-electron chi connectivity index (χ3n) is 5.54. The topological polar surface area (TPSA) is 3.88 Å². The highest BCUT2D eigenvalue weighted by Crippen LogP contribution is 2.34. The minimum absolute atomic E-state index is 1.25. The van der Waals surface area contributed by atoms with Gasteiger partial charge in [0.1, 0.15) is 7.05 Å². The zero-order chi connectivity index (χ0) is 19.7. The zero-order valence-electron chi connectivity index (χ0n) is 17.0. The molecule has 1 nitrogen and oxygen atoms in total. The summed E-state index contributed by atoms with van der Waals surface area (Å²) >= 11 is 0. The lowest BCUT2D eigenvalue weighted by Crippen LogP contribution is -2.30. The second kappa shape index (κ2) is 7.44. The lowest BCUT2D eigenvalue weighted by atomic mass is 9.90. The van der Waals surface area contributed by atoms with Gasteiger partial charge in [0.15, 0.2) is 6.20 Å². The molecule has 0 bridgehead atoms. The number of aryl methyl sites for hydroxylation is 3. The van der Waals surface area contributed by atoms with E-state index < -0.39 is 0 Å². The van der Waals surface area contributed by atoms with Crippen LogP contribution in [0.5, 0.6) is 0 Å². The highest BCUT2D eigenvalue weighted by atomic mass is 14.9. The Morgan fingerprint density at radius 1 is 0.607 bits per heavy atom. The third-order valence-corrected chi connectivity index (χ3v) is 5.54. The fourth-order valence-corrected chi connectivity index (χ4v) is 3.92. The van der Waals surface area contributed by atoms with Gasteiger partial charge in [0.25, 0.3) is 0 Å². The summed E-state index contributed by atoms with van der Waals surface area (Å²) in [4.78, 5) is 0. The van der Waals surface area contributed by atoms with Gasteiger partial charge in [0, 0.05) is 17.7 Å². The van der Waals surface area contributed by atoms with Gasteiger partial charge in [-0.3, -0.25) is 0 Å². The smallest absolute Gasteiger partial charge is 0.201 e. The first-order valence-corrected chi connectivity index (χ1v) is 9.77. The summed E-state index contributed by atoms with van der Waals surface area (Å²) in [7, 11) is 2.11. The van der Waals surface area contributed by atoms with Crippen molar-refractivity contribution in [2.45, 2.75) is 20.8 Å². The van der Waals surface area contributed by atoms with Crippen LogP contribution in [0, 0.1) is 20.8 Å². The number of rotatable bonds is 3. The van der Waals surface area contributed by atoms with E-state index in [0.29, 0.717) is 0 Å². The van der Waals surface area contributed by atoms with Crippen LogP contribution in [0.4, 0.5) is 0 Å². The molecule has 0 amide bonds. The molecule has 0 atom stereocenters. The summed E-state index contributed by atoms with van der Waals surface area (Å²) < 4.78 is 2.20. The molecule has 4 rings (SSSR count). The zero-order valence-corrected chi connectivity index (χ0v) is 17.0. The van der Waals surface area contributed by atoms with Crippen LogP contribution in [0.1, 0.15) is 16.7 Å². The Hall–Kier alpha value is -3.19. The number of hydrogen-bond acceptors (Lipinski definition) is 0. The Balaban J connectivity index is 1.81. The molecular weight excluding hydrogens is 338 g/mol. The van der Waals surface area contributed by atoms with Gasteiger partial charge in [-0.1, -0.05) is 60.7 Å². The van der Waals surface area contributed by atoms with Crippen molar-refractivity contribution in [2.75, 3.05) is 0 Å². The molecule has 0 fully saturated rings. The van der Waals surface area contributed by atoms with Gasteiger partial charge in [-0.25, -0.2) is 4.57 Å². The predicted octanol–water partition coefficient (Wildman–Crippen LogP) is 6.44. The van der Waals surface area contributed by atoms with Crippen LogP contribution in [0.2, 0.25) is 0 Å². The fraction of sp³-hybridized carbons (Fsp3) is 0.148. The Morgan fingerprint density at radius 3 is 2.11 bits per heavy atom. The average Bonchev–Trinajstić information content (AvgIpc) is 2.71. The van der Waals surface area contributed by atoms with Crippen LogP contribution in [-0.4, -0.2) is 0 Å². The molecule has 0 N–H and O–H groups in total. The van der Waals surface area contributed by atoms with Crippen molar-refractivity contribution in [1.82, 2.24) is 0 Å². The van der Waals surface area contributed by atoms with Crippen molar-refractivity contribution in [3.63, 3.8) is 0 Å². The molecular formula is C27H26N+. The first-order chi connectivity index (χ1) is 13.5. The van der Waals surface area contributed by atoms with Gasteiger partial charge >= 0.3 is 0 Å². The van der Waals surface area contributed by atoms with E-state index in [2.05, 4.69) is 117 Å². The van der Waals surface area contributed by atoms with E-state index in [1.807, 2.05) is 0 Å². The molecule has 0 aliphatic rings. The van der Waals surface area contributed by atoms with Crippen molar-refractivity contribution in [2.24, 2.45) is 7.05 Å². The molecule has 0 spiro atoms. The van der Waals surface area contributed by atoms with Gasteiger partial charge in [-0.05, 0) is 65.8 Å². The van der Waals surface area contributed by atoms with Crippen LogP contribution in [0.3, 0.4) is 0 Å². The maximum Gasteiger partial charge on any atom is 0.212 e. The van der Waals surface area contributed by atoms with E-state index in [1.54, 1.807) is 0 Å². The summed E-state index contributed by atoms with van der Waals surface area (Å²) in [5.74, 6) is 0. The molecule has 0 aliphatic carbocycles. The van der Waals surface area contributed by atoms with Gasteiger partial charge in [-0.2, -0.15) is 0 Å². The van der Waals surface area contributed by atoms with E-state index in [-0.39, 0.29) is 0 Å². The van der Waals surface area contributed by atoms with Gasteiger partial charge in [0.05, 0.1) is 0 Å². The third kappa shape index (κ3) is 3.36.